The summed E-state index contributed by atoms with van der Waals surface area (Å²) in [7, 11) is 0. The number of benzene rings is 1. The molecule has 110 valence electrons. The Balaban J connectivity index is 1.66. The predicted molar refractivity (Wildman–Crippen MR) is 87.1 cm³/mol. The number of anilines is 1. The van der Waals surface area contributed by atoms with Crippen molar-refractivity contribution in [2.45, 2.75) is 13.3 Å². The Hall–Kier alpha value is -2.88. The Bertz CT molecular complexity index is 761. The number of pyridine rings is 1. The smallest absolute Gasteiger partial charge is 0.229 e. The van der Waals surface area contributed by atoms with E-state index in [1.807, 2.05) is 72.4 Å². The molecule has 1 aromatic carbocycles. The molecule has 0 radical (unpaired) electrons. The van der Waals surface area contributed by atoms with Gasteiger partial charge in [0.05, 0.1) is 6.42 Å². The molecule has 2 heterocycles. The Morgan fingerprint density at radius 3 is 2.50 bits per heavy atom. The summed E-state index contributed by atoms with van der Waals surface area (Å²) < 4.78 is 2.03. The first kappa shape index (κ1) is 14.1. The highest BCUT2D eigenvalue weighted by Gasteiger charge is 2.07. The van der Waals surface area contributed by atoms with E-state index in [0.29, 0.717) is 12.2 Å². The summed E-state index contributed by atoms with van der Waals surface area (Å²) in [6.07, 6.45) is 5.99. The number of rotatable bonds is 4. The normalized spacial score (nSPS) is 10.4. The van der Waals surface area contributed by atoms with Crippen LogP contribution in [0, 0.1) is 6.92 Å². The van der Waals surface area contributed by atoms with Gasteiger partial charge < -0.3 is 9.88 Å². The minimum absolute atomic E-state index is 0.0597. The molecule has 0 saturated carbocycles. The molecule has 0 aliphatic rings. The van der Waals surface area contributed by atoms with Crippen LogP contribution in [0.4, 0.5) is 5.82 Å². The highest BCUT2D eigenvalue weighted by Crippen LogP contribution is 2.12. The summed E-state index contributed by atoms with van der Waals surface area (Å²) >= 11 is 0. The van der Waals surface area contributed by atoms with Crippen LogP contribution in [0.3, 0.4) is 0 Å². The second-order valence-electron chi connectivity index (χ2n) is 5.15. The monoisotopic (exact) mass is 291 g/mol. The van der Waals surface area contributed by atoms with Gasteiger partial charge >= 0.3 is 0 Å². The third-order valence-electron chi connectivity index (χ3n) is 3.47. The summed E-state index contributed by atoms with van der Waals surface area (Å²) in [5.41, 5.74) is 3.01. The molecule has 2 aromatic heterocycles. The summed E-state index contributed by atoms with van der Waals surface area (Å²) in [5, 5.41) is 2.85. The number of hydrogen-bond acceptors (Lipinski definition) is 2. The Kier molecular flexibility index (Phi) is 4.01. The van der Waals surface area contributed by atoms with E-state index in [1.54, 1.807) is 6.20 Å². The van der Waals surface area contributed by atoms with E-state index in [4.69, 9.17) is 0 Å². The molecule has 3 rings (SSSR count). The van der Waals surface area contributed by atoms with Crippen molar-refractivity contribution >= 4 is 11.7 Å². The second-order valence-corrected chi connectivity index (χ2v) is 5.15. The van der Waals surface area contributed by atoms with Crippen LogP contribution in [-0.2, 0) is 11.2 Å². The van der Waals surface area contributed by atoms with Crippen molar-refractivity contribution in [2.24, 2.45) is 0 Å². The molecule has 0 aliphatic heterocycles. The fourth-order valence-electron chi connectivity index (χ4n) is 2.27. The van der Waals surface area contributed by atoms with Crippen molar-refractivity contribution in [2.75, 3.05) is 5.32 Å². The number of hydrogen-bond donors (Lipinski definition) is 1. The minimum Gasteiger partial charge on any atom is -0.324 e. The van der Waals surface area contributed by atoms with E-state index < -0.39 is 0 Å². The van der Waals surface area contributed by atoms with Crippen molar-refractivity contribution < 1.29 is 4.79 Å². The molecule has 0 atom stereocenters. The summed E-state index contributed by atoms with van der Waals surface area (Å²) in [4.78, 5) is 16.3. The second kappa shape index (κ2) is 6.26. The number of amides is 1. The van der Waals surface area contributed by atoms with Gasteiger partial charge in [0.2, 0.25) is 5.91 Å². The lowest BCUT2D eigenvalue weighted by molar-refractivity contribution is -0.115. The number of aromatic nitrogens is 2. The van der Waals surface area contributed by atoms with E-state index >= 15 is 0 Å². The number of nitrogens with zero attached hydrogens (tertiary/aromatic N) is 2. The fraction of sp³-hybridized carbons (Fsp3) is 0.111. The number of carbonyl (C=O) groups is 1. The molecule has 0 unspecified atom stereocenters. The van der Waals surface area contributed by atoms with Gasteiger partial charge in [0.25, 0.3) is 0 Å². The van der Waals surface area contributed by atoms with Crippen molar-refractivity contribution in [3.8, 4) is 5.69 Å². The molecule has 1 N–H and O–H groups in total. The van der Waals surface area contributed by atoms with E-state index in [0.717, 1.165) is 16.8 Å². The lowest BCUT2D eigenvalue weighted by Crippen LogP contribution is -2.16. The van der Waals surface area contributed by atoms with Crippen LogP contribution in [0.25, 0.3) is 5.69 Å². The number of aryl methyl sites for hydroxylation is 1. The van der Waals surface area contributed by atoms with E-state index in [1.165, 1.54) is 0 Å². The molecule has 4 heteroatoms. The maximum absolute atomic E-state index is 12.1. The molecule has 0 fully saturated rings. The Labute approximate surface area is 129 Å². The van der Waals surface area contributed by atoms with Gasteiger partial charge in [-0.3, -0.25) is 4.79 Å². The van der Waals surface area contributed by atoms with Crippen LogP contribution < -0.4 is 5.32 Å². The quantitative estimate of drug-likeness (QED) is 0.801. The standard InChI is InChI=1S/C18H17N3O/c1-14-5-4-10-19-18(14)20-17(22)13-15-6-8-16(9-7-15)21-11-2-3-12-21/h2-12H,13H2,1H3,(H,19,20,22). The topological polar surface area (TPSA) is 46.9 Å². The molecule has 4 nitrogen and oxygen atoms in total. The zero-order chi connectivity index (χ0) is 15.4. The molecule has 22 heavy (non-hydrogen) atoms. The van der Waals surface area contributed by atoms with Gasteiger partial charge in [-0.05, 0) is 48.4 Å². The van der Waals surface area contributed by atoms with Crippen molar-refractivity contribution in [3.05, 3.63) is 78.2 Å². The maximum atomic E-state index is 12.1. The largest absolute Gasteiger partial charge is 0.324 e. The van der Waals surface area contributed by atoms with Crippen molar-refractivity contribution in [1.29, 1.82) is 0 Å². The third-order valence-corrected chi connectivity index (χ3v) is 3.47. The minimum atomic E-state index is -0.0597. The van der Waals surface area contributed by atoms with E-state index in [9.17, 15) is 4.79 Å². The van der Waals surface area contributed by atoms with Gasteiger partial charge in [0, 0.05) is 24.3 Å². The third kappa shape index (κ3) is 3.23. The molecule has 0 saturated heterocycles. The summed E-state index contributed by atoms with van der Waals surface area (Å²) in [5.74, 6) is 0.562. The predicted octanol–water partition coefficient (Wildman–Crippen LogP) is 3.36. The lowest BCUT2D eigenvalue weighted by atomic mass is 10.1. The zero-order valence-electron chi connectivity index (χ0n) is 12.4. The summed E-state index contributed by atoms with van der Waals surface area (Å²) in [6, 6.07) is 15.7. The van der Waals surface area contributed by atoms with E-state index in [-0.39, 0.29) is 5.91 Å². The Morgan fingerprint density at radius 1 is 1.09 bits per heavy atom. The van der Waals surface area contributed by atoms with E-state index in [2.05, 4.69) is 10.3 Å². The lowest BCUT2D eigenvalue weighted by Gasteiger charge is -2.08. The van der Waals surface area contributed by atoms with Gasteiger partial charge in [-0.2, -0.15) is 0 Å². The van der Waals surface area contributed by atoms with Crippen LogP contribution in [0.15, 0.2) is 67.1 Å². The number of nitrogens with one attached hydrogen (secondary N) is 1. The highest BCUT2D eigenvalue weighted by molar-refractivity contribution is 5.91. The SMILES string of the molecule is Cc1cccnc1NC(=O)Cc1ccc(-n2cccc2)cc1. The van der Waals surface area contributed by atoms with Crippen LogP contribution >= 0.6 is 0 Å². The molecule has 0 aliphatic carbocycles. The molecule has 0 bridgehead atoms. The number of carbonyl (C=O) groups excluding carboxylic acids is 1. The first-order valence-corrected chi connectivity index (χ1v) is 7.16. The van der Waals surface area contributed by atoms with Crippen LogP contribution in [0.5, 0.6) is 0 Å². The molecule has 1 amide bonds. The van der Waals surface area contributed by atoms with Crippen LogP contribution in [0.2, 0.25) is 0 Å². The first-order valence-electron chi connectivity index (χ1n) is 7.16. The van der Waals surface area contributed by atoms with Crippen LogP contribution in [0.1, 0.15) is 11.1 Å². The Morgan fingerprint density at radius 2 is 1.82 bits per heavy atom. The van der Waals surface area contributed by atoms with Crippen molar-refractivity contribution in [3.63, 3.8) is 0 Å². The maximum Gasteiger partial charge on any atom is 0.229 e. The van der Waals surface area contributed by atoms with Gasteiger partial charge in [-0.25, -0.2) is 4.98 Å². The summed E-state index contributed by atoms with van der Waals surface area (Å²) in [6.45, 7) is 1.93. The molecular weight excluding hydrogens is 274 g/mol. The average molecular weight is 291 g/mol. The van der Waals surface area contributed by atoms with Crippen LogP contribution in [-0.4, -0.2) is 15.5 Å². The first-order chi connectivity index (χ1) is 10.7. The highest BCUT2D eigenvalue weighted by atomic mass is 16.1. The van der Waals surface area contributed by atoms with Gasteiger partial charge in [-0.15, -0.1) is 0 Å². The van der Waals surface area contributed by atoms with Crippen molar-refractivity contribution in [1.82, 2.24) is 9.55 Å². The average Bonchev–Trinajstić information content (AvgIpc) is 3.05. The molecule has 0 spiro atoms. The van der Waals surface area contributed by atoms with Gasteiger partial charge in [0.15, 0.2) is 0 Å². The zero-order valence-corrected chi connectivity index (χ0v) is 12.4. The van der Waals surface area contributed by atoms with Gasteiger partial charge in [0.1, 0.15) is 5.82 Å². The fourth-order valence-corrected chi connectivity index (χ4v) is 2.27. The molecule has 3 aromatic rings. The molecular formula is C18H17N3O. The van der Waals surface area contributed by atoms with Gasteiger partial charge in [-0.1, -0.05) is 18.2 Å².